The number of hydrogen-bond acceptors (Lipinski definition) is 1. The first kappa shape index (κ1) is 18.1. The second kappa shape index (κ2) is 8.09. The summed E-state index contributed by atoms with van der Waals surface area (Å²) in [5.41, 5.74) is 6.38. The molecule has 24 heavy (non-hydrogen) atoms. The van der Waals surface area contributed by atoms with Gasteiger partial charge in [-0.05, 0) is 46.2 Å². The van der Waals surface area contributed by atoms with Crippen LogP contribution >= 0.6 is 0 Å². The van der Waals surface area contributed by atoms with Crippen LogP contribution in [0.4, 0.5) is 0 Å². The molecule has 0 heterocycles. The van der Waals surface area contributed by atoms with Gasteiger partial charge >= 0.3 is 68.9 Å². The van der Waals surface area contributed by atoms with Gasteiger partial charge in [0.05, 0.1) is 0 Å². The predicted octanol–water partition coefficient (Wildman–Crippen LogP) is 1.53. The third-order valence-corrected chi connectivity index (χ3v) is 4.50. The number of rotatable bonds is 2. The maximum Gasteiger partial charge on any atom is 1.00 e. The molecule has 0 saturated heterocycles. The van der Waals surface area contributed by atoms with Gasteiger partial charge in [-0.2, -0.15) is 0 Å². The van der Waals surface area contributed by atoms with Crippen LogP contribution in [0, 0.1) is 0 Å². The van der Waals surface area contributed by atoms with E-state index in [1.807, 2.05) is 54.6 Å². The molecule has 0 aliphatic heterocycles. The topological polar surface area (TPSA) is 23.1 Å². The van der Waals surface area contributed by atoms with Gasteiger partial charge < -0.3 is 5.11 Å². The number of hydrogen-bond donors (Lipinski definition) is 0. The van der Waals surface area contributed by atoms with Crippen LogP contribution in [0.2, 0.25) is 0 Å². The van der Waals surface area contributed by atoms with Crippen molar-refractivity contribution in [1.29, 1.82) is 0 Å². The molecule has 0 unspecified atom stereocenters. The van der Waals surface area contributed by atoms with Gasteiger partial charge in [-0.25, -0.2) is 0 Å². The standard InChI is InChI=1S/C22H18O.Cs/c23-22-20(17-9-5-2-6-10-17)14-12-19-15-18(11-13-21(19)22)16-7-3-1-4-8-16;/h1-11,13,15,23H,12,14H2;/q;+1/p-1. The molecule has 112 valence electrons. The second-order valence-corrected chi connectivity index (χ2v) is 5.91. The average Bonchev–Trinajstić information content (AvgIpc) is 2.63. The van der Waals surface area contributed by atoms with E-state index in [4.69, 9.17) is 0 Å². The summed E-state index contributed by atoms with van der Waals surface area (Å²) in [5, 5.41) is 12.8. The van der Waals surface area contributed by atoms with Crippen LogP contribution in [-0.2, 0) is 6.42 Å². The summed E-state index contributed by atoms with van der Waals surface area (Å²) in [6.45, 7) is 0. The predicted molar refractivity (Wildman–Crippen MR) is 93.5 cm³/mol. The van der Waals surface area contributed by atoms with E-state index < -0.39 is 0 Å². The van der Waals surface area contributed by atoms with Crippen molar-refractivity contribution < 1.29 is 74.0 Å². The third kappa shape index (κ3) is 3.59. The first-order chi connectivity index (χ1) is 11.3. The maximum atomic E-state index is 12.8. The molecule has 1 aliphatic carbocycles. The zero-order valence-corrected chi connectivity index (χ0v) is 20.1. The van der Waals surface area contributed by atoms with Crippen LogP contribution in [-0.4, -0.2) is 0 Å². The molecule has 0 aromatic heterocycles. The second-order valence-electron chi connectivity index (χ2n) is 5.91. The number of aryl methyl sites for hydroxylation is 1. The summed E-state index contributed by atoms with van der Waals surface area (Å²) in [7, 11) is 0. The normalized spacial score (nSPS) is 13.2. The maximum absolute atomic E-state index is 12.8. The van der Waals surface area contributed by atoms with Gasteiger partial charge in [0, 0.05) is 0 Å². The zero-order valence-electron chi connectivity index (χ0n) is 13.8. The van der Waals surface area contributed by atoms with Crippen LogP contribution in [0.5, 0.6) is 0 Å². The van der Waals surface area contributed by atoms with Crippen molar-refractivity contribution in [3.63, 3.8) is 0 Å². The number of benzene rings is 3. The Kier molecular flexibility index (Phi) is 6.08. The monoisotopic (exact) mass is 430 g/mol. The van der Waals surface area contributed by atoms with E-state index in [2.05, 4.69) is 24.3 Å². The van der Waals surface area contributed by atoms with Gasteiger partial charge in [-0.3, -0.25) is 0 Å². The Labute approximate surface area is 201 Å². The van der Waals surface area contributed by atoms with E-state index in [-0.39, 0.29) is 74.7 Å². The van der Waals surface area contributed by atoms with E-state index >= 15 is 0 Å². The number of fused-ring (bicyclic) bond motifs is 1. The first-order valence-corrected chi connectivity index (χ1v) is 7.97. The molecule has 0 amide bonds. The summed E-state index contributed by atoms with van der Waals surface area (Å²) in [5.74, 6) is 0.178. The van der Waals surface area contributed by atoms with E-state index in [0.29, 0.717) is 0 Å². The third-order valence-electron chi connectivity index (χ3n) is 4.50. The van der Waals surface area contributed by atoms with Crippen molar-refractivity contribution in [2.45, 2.75) is 12.8 Å². The molecular weight excluding hydrogens is 413 g/mol. The van der Waals surface area contributed by atoms with Gasteiger partial charge in [-0.15, -0.1) is 0 Å². The van der Waals surface area contributed by atoms with Crippen LogP contribution in [0.25, 0.3) is 22.5 Å². The Hall–Kier alpha value is -0.748. The van der Waals surface area contributed by atoms with Crippen LogP contribution in [0.3, 0.4) is 0 Å². The molecule has 0 N–H and O–H groups in total. The summed E-state index contributed by atoms with van der Waals surface area (Å²) in [6, 6.07) is 26.5. The molecule has 0 saturated carbocycles. The quantitative estimate of drug-likeness (QED) is 0.605. The zero-order chi connectivity index (χ0) is 15.6. The minimum atomic E-state index is 0. The SMILES string of the molecule is [Cs+].[O-]C1=C(c2ccccc2)CCc2cc(-c3ccccc3)ccc21. The van der Waals surface area contributed by atoms with Crippen molar-refractivity contribution in [2.24, 2.45) is 0 Å². The minimum absolute atomic E-state index is 0. The first-order valence-electron chi connectivity index (χ1n) is 7.97. The molecule has 0 radical (unpaired) electrons. The van der Waals surface area contributed by atoms with E-state index in [1.165, 1.54) is 11.1 Å². The van der Waals surface area contributed by atoms with E-state index in [1.54, 1.807) is 0 Å². The Balaban J connectivity index is 0.00000169. The summed E-state index contributed by atoms with van der Waals surface area (Å²) >= 11 is 0. The molecule has 1 aliphatic rings. The molecule has 2 heteroatoms. The summed E-state index contributed by atoms with van der Waals surface area (Å²) in [6.07, 6.45) is 1.74. The minimum Gasteiger partial charge on any atom is -0.872 e. The van der Waals surface area contributed by atoms with Gasteiger partial charge in [0.25, 0.3) is 0 Å². The smallest absolute Gasteiger partial charge is 0.872 e. The van der Waals surface area contributed by atoms with Crippen molar-refractivity contribution in [3.05, 3.63) is 95.6 Å². The van der Waals surface area contributed by atoms with Crippen LogP contribution < -0.4 is 74.0 Å². The van der Waals surface area contributed by atoms with Gasteiger partial charge in [0.1, 0.15) is 0 Å². The summed E-state index contributed by atoms with van der Waals surface area (Å²) in [4.78, 5) is 0. The fraction of sp³-hybridized carbons (Fsp3) is 0.0909. The fourth-order valence-electron chi connectivity index (χ4n) is 3.28. The molecular formula is C22H17CsO. The Morgan fingerprint density at radius 1 is 0.625 bits per heavy atom. The van der Waals surface area contributed by atoms with Crippen molar-refractivity contribution in [3.8, 4) is 11.1 Å². The van der Waals surface area contributed by atoms with Crippen molar-refractivity contribution >= 4 is 11.3 Å². The molecule has 0 atom stereocenters. The van der Waals surface area contributed by atoms with Crippen molar-refractivity contribution in [1.82, 2.24) is 0 Å². The average molecular weight is 430 g/mol. The molecule has 0 fully saturated rings. The largest absolute Gasteiger partial charge is 1.00 e. The Morgan fingerprint density at radius 2 is 1.25 bits per heavy atom. The molecule has 0 spiro atoms. The van der Waals surface area contributed by atoms with E-state index in [9.17, 15) is 5.11 Å². The van der Waals surface area contributed by atoms with Crippen molar-refractivity contribution in [2.75, 3.05) is 0 Å². The Bertz CT molecular complexity index is 867. The van der Waals surface area contributed by atoms with Crippen LogP contribution in [0.1, 0.15) is 23.1 Å². The Morgan fingerprint density at radius 3 is 1.92 bits per heavy atom. The summed E-state index contributed by atoms with van der Waals surface area (Å²) < 4.78 is 0. The van der Waals surface area contributed by atoms with E-state index in [0.717, 1.165) is 35.1 Å². The molecule has 4 rings (SSSR count). The molecule has 1 nitrogen and oxygen atoms in total. The van der Waals surface area contributed by atoms with Gasteiger partial charge in [-0.1, -0.05) is 84.6 Å². The molecule has 0 bridgehead atoms. The fourth-order valence-corrected chi connectivity index (χ4v) is 3.28. The van der Waals surface area contributed by atoms with Gasteiger partial charge in [0.2, 0.25) is 0 Å². The van der Waals surface area contributed by atoms with Gasteiger partial charge in [0.15, 0.2) is 0 Å². The molecule has 3 aromatic rings. The van der Waals surface area contributed by atoms with Crippen LogP contribution in [0.15, 0.2) is 78.9 Å². The number of allylic oxidation sites excluding steroid dienone is 1. The molecule has 3 aromatic carbocycles.